The first-order valence-corrected chi connectivity index (χ1v) is 11.9. The molecule has 0 bridgehead atoms. The van der Waals surface area contributed by atoms with E-state index in [1.807, 2.05) is 25.1 Å². The Morgan fingerprint density at radius 2 is 1.79 bits per heavy atom. The Hall–Kier alpha value is -5.23. The van der Waals surface area contributed by atoms with E-state index in [2.05, 4.69) is 10.3 Å². The molecule has 38 heavy (non-hydrogen) atoms. The van der Waals surface area contributed by atoms with E-state index in [9.17, 15) is 19.6 Å². The second kappa shape index (κ2) is 11.7. The SMILES string of the molecule is CCOC(=O)c1ccc(NC(=O)/C(C#N)=C\c2c(Oc3ccc(CC)cc3)nc3ccccn3c2=O)cc1. The summed E-state index contributed by atoms with van der Waals surface area (Å²) in [5.74, 6) is -0.810. The molecule has 0 radical (unpaired) electrons. The highest BCUT2D eigenvalue weighted by Crippen LogP contribution is 2.25. The maximum atomic E-state index is 13.3. The number of carbonyl (C=O) groups excluding carboxylic acids is 2. The highest BCUT2D eigenvalue weighted by atomic mass is 16.5. The molecule has 190 valence electrons. The van der Waals surface area contributed by atoms with E-state index < -0.39 is 17.4 Å². The highest BCUT2D eigenvalue weighted by Gasteiger charge is 2.18. The van der Waals surface area contributed by atoms with E-state index >= 15 is 0 Å². The molecule has 2 aromatic heterocycles. The van der Waals surface area contributed by atoms with E-state index in [1.165, 1.54) is 28.7 Å². The molecule has 0 fully saturated rings. The van der Waals surface area contributed by atoms with E-state index in [-0.39, 0.29) is 23.6 Å². The summed E-state index contributed by atoms with van der Waals surface area (Å²) in [4.78, 5) is 42.6. The monoisotopic (exact) mass is 508 g/mol. The normalized spacial score (nSPS) is 11.0. The number of pyridine rings is 1. The van der Waals surface area contributed by atoms with E-state index in [1.54, 1.807) is 43.5 Å². The second-order valence-corrected chi connectivity index (χ2v) is 8.09. The van der Waals surface area contributed by atoms with Gasteiger partial charge in [0, 0.05) is 11.9 Å². The first kappa shape index (κ1) is 25.9. The Labute approximate surface area is 218 Å². The Morgan fingerprint density at radius 3 is 2.45 bits per heavy atom. The molecular weight excluding hydrogens is 484 g/mol. The molecule has 0 unspecified atom stereocenters. The topological polar surface area (TPSA) is 123 Å². The van der Waals surface area contributed by atoms with Crippen LogP contribution in [-0.2, 0) is 16.0 Å². The Bertz CT molecular complexity index is 1610. The van der Waals surface area contributed by atoms with Crippen molar-refractivity contribution in [2.75, 3.05) is 11.9 Å². The van der Waals surface area contributed by atoms with Crippen LogP contribution in [-0.4, -0.2) is 27.9 Å². The molecule has 0 aliphatic rings. The van der Waals surface area contributed by atoms with Gasteiger partial charge >= 0.3 is 5.97 Å². The van der Waals surface area contributed by atoms with Gasteiger partial charge in [-0.05, 0) is 73.5 Å². The van der Waals surface area contributed by atoms with Gasteiger partial charge in [0.15, 0.2) is 0 Å². The Balaban J connectivity index is 1.68. The third kappa shape index (κ3) is 5.77. The Morgan fingerprint density at radius 1 is 1.05 bits per heavy atom. The lowest BCUT2D eigenvalue weighted by atomic mass is 10.1. The molecule has 0 saturated heterocycles. The summed E-state index contributed by atoms with van der Waals surface area (Å²) in [6.07, 6.45) is 3.56. The fourth-order valence-corrected chi connectivity index (χ4v) is 3.58. The number of nitriles is 1. The first-order valence-electron chi connectivity index (χ1n) is 11.9. The smallest absolute Gasteiger partial charge is 0.338 e. The van der Waals surface area contributed by atoms with Crippen LogP contribution in [0.5, 0.6) is 11.6 Å². The van der Waals surface area contributed by atoms with Crippen molar-refractivity contribution in [2.45, 2.75) is 20.3 Å². The van der Waals surface area contributed by atoms with Crippen molar-refractivity contribution >= 4 is 29.3 Å². The summed E-state index contributed by atoms with van der Waals surface area (Å²) in [5, 5.41) is 12.3. The van der Waals surface area contributed by atoms with Crippen molar-refractivity contribution in [1.29, 1.82) is 5.26 Å². The van der Waals surface area contributed by atoms with Crippen LogP contribution in [0.15, 0.2) is 83.3 Å². The maximum absolute atomic E-state index is 13.3. The molecule has 2 heterocycles. The zero-order valence-corrected chi connectivity index (χ0v) is 20.8. The molecule has 9 nitrogen and oxygen atoms in total. The predicted molar refractivity (Wildman–Crippen MR) is 142 cm³/mol. The lowest BCUT2D eigenvalue weighted by Crippen LogP contribution is -2.20. The molecule has 4 rings (SSSR count). The molecular formula is C29H24N4O5. The van der Waals surface area contributed by atoms with Crippen LogP contribution in [0.25, 0.3) is 11.7 Å². The molecule has 4 aromatic rings. The van der Waals surface area contributed by atoms with Crippen LogP contribution in [0.3, 0.4) is 0 Å². The van der Waals surface area contributed by atoms with Crippen molar-refractivity contribution in [3.8, 4) is 17.7 Å². The minimum absolute atomic E-state index is 0.0372. The number of aryl methyl sites for hydroxylation is 1. The Kier molecular flexibility index (Phi) is 7.94. The number of carbonyl (C=O) groups is 2. The summed E-state index contributed by atoms with van der Waals surface area (Å²) in [7, 11) is 0. The van der Waals surface area contributed by atoms with Crippen LogP contribution >= 0.6 is 0 Å². The molecule has 1 amide bonds. The van der Waals surface area contributed by atoms with E-state index in [4.69, 9.17) is 9.47 Å². The van der Waals surface area contributed by atoms with Gasteiger partial charge in [0.05, 0.1) is 12.2 Å². The van der Waals surface area contributed by atoms with Crippen LogP contribution in [0.4, 0.5) is 5.69 Å². The van der Waals surface area contributed by atoms with Crippen molar-refractivity contribution in [2.24, 2.45) is 0 Å². The first-order chi connectivity index (χ1) is 18.4. The lowest BCUT2D eigenvalue weighted by Gasteiger charge is -2.11. The van der Waals surface area contributed by atoms with Crippen LogP contribution < -0.4 is 15.6 Å². The number of rotatable bonds is 8. The van der Waals surface area contributed by atoms with Gasteiger partial charge in [-0.25, -0.2) is 4.79 Å². The van der Waals surface area contributed by atoms with Crippen LogP contribution in [0.1, 0.15) is 35.3 Å². The second-order valence-electron chi connectivity index (χ2n) is 8.09. The minimum atomic E-state index is -0.743. The summed E-state index contributed by atoms with van der Waals surface area (Å²) in [5.41, 5.74) is 1.24. The van der Waals surface area contributed by atoms with Crippen molar-refractivity contribution in [3.05, 3.63) is 106 Å². The number of hydrogen-bond acceptors (Lipinski definition) is 7. The van der Waals surface area contributed by atoms with Crippen molar-refractivity contribution in [3.63, 3.8) is 0 Å². The zero-order chi connectivity index (χ0) is 27.1. The van der Waals surface area contributed by atoms with Crippen LogP contribution in [0, 0.1) is 11.3 Å². The van der Waals surface area contributed by atoms with E-state index in [0.717, 1.165) is 18.1 Å². The summed E-state index contributed by atoms with van der Waals surface area (Å²) < 4.78 is 12.2. The van der Waals surface area contributed by atoms with Gasteiger partial charge in [0.1, 0.15) is 28.6 Å². The van der Waals surface area contributed by atoms with Gasteiger partial charge in [-0.1, -0.05) is 25.1 Å². The molecule has 0 saturated carbocycles. The number of fused-ring (bicyclic) bond motifs is 1. The van der Waals surface area contributed by atoms with Crippen molar-refractivity contribution in [1.82, 2.24) is 9.38 Å². The quantitative estimate of drug-likeness (QED) is 0.207. The van der Waals surface area contributed by atoms with Crippen LogP contribution in [0.2, 0.25) is 0 Å². The third-order valence-electron chi connectivity index (χ3n) is 5.59. The van der Waals surface area contributed by atoms with Gasteiger partial charge in [-0.15, -0.1) is 0 Å². The summed E-state index contributed by atoms with van der Waals surface area (Å²) in [6.45, 7) is 3.98. The highest BCUT2D eigenvalue weighted by molar-refractivity contribution is 6.10. The number of hydrogen-bond donors (Lipinski definition) is 1. The van der Waals surface area contributed by atoms with E-state index in [0.29, 0.717) is 22.6 Å². The zero-order valence-electron chi connectivity index (χ0n) is 20.8. The number of nitrogens with zero attached hydrogens (tertiary/aromatic N) is 3. The minimum Gasteiger partial charge on any atom is -0.462 e. The third-order valence-corrected chi connectivity index (χ3v) is 5.59. The number of amides is 1. The van der Waals surface area contributed by atoms with Gasteiger partial charge in [0.2, 0.25) is 5.88 Å². The lowest BCUT2D eigenvalue weighted by molar-refractivity contribution is -0.112. The standard InChI is InChI=1S/C29H24N4O5/c1-3-19-8-14-23(15-9-19)38-27-24(28(35)33-16-6-5-7-25(33)32-27)17-21(18-30)26(34)31-22-12-10-20(11-13-22)29(36)37-4-2/h5-17H,3-4H2,1-2H3,(H,31,34)/b21-17-. The summed E-state index contributed by atoms with van der Waals surface area (Å²) >= 11 is 0. The fraction of sp³-hybridized carbons (Fsp3) is 0.138. The average Bonchev–Trinajstić information content (AvgIpc) is 2.94. The molecule has 0 spiro atoms. The van der Waals surface area contributed by atoms with Crippen molar-refractivity contribution < 1.29 is 19.1 Å². The maximum Gasteiger partial charge on any atom is 0.338 e. The molecule has 9 heteroatoms. The molecule has 2 aromatic carbocycles. The number of benzene rings is 2. The fourth-order valence-electron chi connectivity index (χ4n) is 3.58. The van der Waals surface area contributed by atoms with Gasteiger partial charge < -0.3 is 14.8 Å². The summed E-state index contributed by atoms with van der Waals surface area (Å²) in [6, 6.07) is 20.3. The molecule has 0 aliphatic heterocycles. The number of anilines is 1. The van der Waals surface area contributed by atoms with Gasteiger partial charge in [-0.2, -0.15) is 10.2 Å². The average molecular weight is 509 g/mol. The van der Waals surface area contributed by atoms with Gasteiger partial charge in [0.25, 0.3) is 11.5 Å². The number of nitrogens with one attached hydrogen (secondary N) is 1. The predicted octanol–water partition coefficient (Wildman–Crippen LogP) is 4.77. The molecule has 0 aliphatic carbocycles. The molecule has 0 atom stereocenters. The van der Waals surface area contributed by atoms with Gasteiger partial charge in [-0.3, -0.25) is 14.0 Å². The number of ether oxygens (including phenoxy) is 2. The number of aromatic nitrogens is 2. The molecule has 1 N–H and O–H groups in total. The largest absolute Gasteiger partial charge is 0.462 e. The number of esters is 1.